The molecule has 0 aliphatic carbocycles. The highest BCUT2D eigenvalue weighted by molar-refractivity contribution is 6.30. The maximum absolute atomic E-state index is 14.3. The third-order valence-corrected chi connectivity index (χ3v) is 7.61. The summed E-state index contributed by atoms with van der Waals surface area (Å²) in [5, 5.41) is 10.4. The van der Waals surface area contributed by atoms with Crippen molar-refractivity contribution in [2.75, 3.05) is 13.6 Å². The molecule has 4 rings (SSSR count). The minimum absolute atomic E-state index is 0.144. The molecule has 1 fully saturated rings. The average molecular weight is 602 g/mol. The number of amides is 2. The highest BCUT2D eigenvalue weighted by Gasteiger charge is 2.48. The molecule has 3 aromatic rings. The van der Waals surface area contributed by atoms with E-state index in [9.17, 15) is 23.9 Å². The maximum atomic E-state index is 14.3. The van der Waals surface area contributed by atoms with Crippen LogP contribution in [0.2, 0.25) is 10.0 Å². The molecule has 10 heteroatoms. The van der Waals surface area contributed by atoms with Crippen molar-refractivity contribution >= 4 is 41.0 Å². The smallest absolute Gasteiger partial charge is 0.323 e. The minimum Gasteiger partial charge on any atom is -0.480 e. The van der Waals surface area contributed by atoms with Crippen molar-refractivity contribution in [3.05, 3.63) is 105 Å². The van der Waals surface area contributed by atoms with E-state index >= 15 is 0 Å². The number of ether oxygens (including phenoxy) is 1. The Hall–Kier alpha value is -3.46. The molecule has 2 amide bonds. The second kappa shape index (κ2) is 13.5. The molecule has 41 heavy (non-hydrogen) atoms. The Balaban J connectivity index is 1.87. The molecular formula is C31H31Cl2FN2O5. The third-order valence-electron chi connectivity index (χ3n) is 7.10. The zero-order chi connectivity index (χ0) is 29.7. The van der Waals surface area contributed by atoms with E-state index < -0.39 is 54.4 Å². The SMILES string of the molecule is CCC[C@@H](C(=O)N(C)CC(=O)O)N1C(=O)[C@@H](Cc2ccc(F)cc2)O[C@H](c2ccc(Cl)cc2)[C@@H]1c1ccc(Cl)cc1. The number of nitrogens with zero attached hydrogens (tertiary/aromatic N) is 2. The quantitative estimate of drug-likeness (QED) is 0.304. The first-order chi connectivity index (χ1) is 19.6. The molecule has 216 valence electrons. The lowest BCUT2D eigenvalue weighted by Gasteiger charge is -2.48. The van der Waals surface area contributed by atoms with Crippen molar-refractivity contribution in [3.8, 4) is 0 Å². The number of aliphatic carboxylic acids is 1. The largest absolute Gasteiger partial charge is 0.480 e. The van der Waals surface area contributed by atoms with Gasteiger partial charge in [-0.3, -0.25) is 14.4 Å². The molecule has 0 radical (unpaired) electrons. The Morgan fingerprint density at radius 2 is 1.54 bits per heavy atom. The molecule has 3 aromatic carbocycles. The van der Waals surface area contributed by atoms with Gasteiger partial charge in [-0.05, 0) is 59.5 Å². The van der Waals surface area contributed by atoms with Gasteiger partial charge in [-0.25, -0.2) is 4.39 Å². The summed E-state index contributed by atoms with van der Waals surface area (Å²) >= 11 is 12.4. The number of likely N-dealkylation sites (N-methyl/N-ethyl adjacent to an activating group) is 1. The number of morpholine rings is 1. The normalized spacial score (nSPS) is 19.6. The van der Waals surface area contributed by atoms with Gasteiger partial charge in [0.05, 0.1) is 6.04 Å². The van der Waals surface area contributed by atoms with Crippen molar-refractivity contribution in [3.63, 3.8) is 0 Å². The number of hydrogen-bond acceptors (Lipinski definition) is 4. The van der Waals surface area contributed by atoms with Crippen LogP contribution in [0.15, 0.2) is 72.8 Å². The second-order valence-corrected chi connectivity index (χ2v) is 10.9. The van der Waals surface area contributed by atoms with Gasteiger partial charge in [0.25, 0.3) is 5.91 Å². The summed E-state index contributed by atoms with van der Waals surface area (Å²) in [6.45, 7) is 1.38. The summed E-state index contributed by atoms with van der Waals surface area (Å²) in [6, 6.07) is 18.2. The molecule has 0 unspecified atom stereocenters. The van der Waals surface area contributed by atoms with Crippen LogP contribution in [-0.4, -0.2) is 58.4 Å². The minimum atomic E-state index is -1.16. The summed E-state index contributed by atoms with van der Waals surface area (Å²) in [6.07, 6.45) is -0.709. The Kier molecular flexibility index (Phi) is 10.0. The van der Waals surface area contributed by atoms with Crippen molar-refractivity contribution in [2.24, 2.45) is 0 Å². The summed E-state index contributed by atoms with van der Waals surface area (Å²) in [5.74, 6) is -2.47. The van der Waals surface area contributed by atoms with Crippen LogP contribution in [0.3, 0.4) is 0 Å². The number of halogens is 3. The Labute approximate surface area is 248 Å². The number of benzene rings is 3. The van der Waals surface area contributed by atoms with Crippen LogP contribution in [0.5, 0.6) is 0 Å². The van der Waals surface area contributed by atoms with Gasteiger partial charge < -0.3 is 19.6 Å². The standard InChI is InChI=1S/C31H31Cl2FN2O5/c1-3-4-25(30(39)35(2)18-27(37)38)36-28(20-7-11-22(32)12-8-20)29(21-9-13-23(33)14-10-21)41-26(31(36)40)17-19-5-15-24(34)16-6-19/h5-16,25-26,28-29H,3-4,17-18H2,1-2H3,(H,37,38)/t25-,26+,28-,29+/m0/s1. The number of carbonyl (C=O) groups is 3. The van der Waals surface area contributed by atoms with E-state index in [-0.39, 0.29) is 6.42 Å². The van der Waals surface area contributed by atoms with Crippen LogP contribution >= 0.6 is 23.2 Å². The Bertz CT molecular complexity index is 1370. The number of carboxylic acids is 1. The molecule has 0 aromatic heterocycles. The molecule has 0 spiro atoms. The number of hydrogen-bond donors (Lipinski definition) is 1. The van der Waals surface area contributed by atoms with Gasteiger partial charge in [-0.1, -0.05) is 72.9 Å². The summed E-state index contributed by atoms with van der Waals surface area (Å²) < 4.78 is 20.2. The molecule has 1 aliphatic rings. The monoisotopic (exact) mass is 600 g/mol. The van der Waals surface area contributed by atoms with E-state index in [4.69, 9.17) is 27.9 Å². The van der Waals surface area contributed by atoms with Crippen LogP contribution in [0, 0.1) is 5.82 Å². The lowest BCUT2D eigenvalue weighted by Crippen LogP contribution is -2.59. The highest BCUT2D eigenvalue weighted by Crippen LogP contribution is 2.44. The van der Waals surface area contributed by atoms with Gasteiger partial charge in [-0.2, -0.15) is 0 Å². The van der Waals surface area contributed by atoms with Crippen LogP contribution in [-0.2, 0) is 25.5 Å². The van der Waals surface area contributed by atoms with Gasteiger partial charge >= 0.3 is 5.97 Å². The summed E-state index contributed by atoms with van der Waals surface area (Å²) in [4.78, 5) is 42.2. The highest BCUT2D eigenvalue weighted by atomic mass is 35.5. The maximum Gasteiger partial charge on any atom is 0.323 e. The van der Waals surface area contributed by atoms with E-state index in [1.807, 2.05) is 19.1 Å². The van der Waals surface area contributed by atoms with E-state index in [1.54, 1.807) is 53.4 Å². The van der Waals surface area contributed by atoms with Crippen LogP contribution in [0.1, 0.15) is 48.6 Å². The number of rotatable bonds is 10. The first-order valence-electron chi connectivity index (χ1n) is 13.3. The Morgan fingerprint density at radius 1 is 0.976 bits per heavy atom. The molecule has 1 aliphatic heterocycles. The summed E-state index contributed by atoms with van der Waals surface area (Å²) in [5.41, 5.74) is 2.11. The molecule has 7 nitrogen and oxygen atoms in total. The number of carbonyl (C=O) groups excluding carboxylic acids is 2. The predicted octanol–water partition coefficient (Wildman–Crippen LogP) is 6.10. The van der Waals surface area contributed by atoms with Gasteiger partial charge in [0.15, 0.2) is 0 Å². The fourth-order valence-corrected chi connectivity index (χ4v) is 5.43. The fourth-order valence-electron chi connectivity index (χ4n) is 5.18. The van der Waals surface area contributed by atoms with Crippen LogP contribution in [0.4, 0.5) is 4.39 Å². The van der Waals surface area contributed by atoms with E-state index in [1.165, 1.54) is 19.2 Å². The fraction of sp³-hybridized carbons (Fsp3) is 0.323. The summed E-state index contributed by atoms with van der Waals surface area (Å²) in [7, 11) is 1.41. The molecule has 0 saturated carbocycles. The lowest BCUT2D eigenvalue weighted by atomic mass is 9.88. The second-order valence-electron chi connectivity index (χ2n) is 10.1. The molecule has 1 saturated heterocycles. The van der Waals surface area contributed by atoms with Gasteiger partial charge in [-0.15, -0.1) is 0 Å². The molecule has 1 N–H and O–H groups in total. The van der Waals surface area contributed by atoms with Crippen LogP contribution in [0.25, 0.3) is 0 Å². The van der Waals surface area contributed by atoms with Crippen molar-refractivity contribution < 1.29 is 28.6 Å². The topological polar surface area (TPSA) is 87.2 Å². The molecule has 1 heterocycles. The third kappa shape index (κ3) is 7.25. The zero-order valence-corrected chi connectivity index (χ0v) is 24.2. The zero-order valence-electron chi connectivity index (χ0n) is 22.7. The van der Waals surface area contributed by atoms with E-state index in [0.717, 1.165) is 10.5 Å². The van der Waals surface area contributed by atoms with E-state index in [0.29, 0.717) is 34.0 Å². The Morgan fingerprint density at radius 3 is 2.07 bits per heavy atom. The van der Waals surface area contributed by atoms with Gasteiger partial charge in [0.2, 0.25) is 5.91 Å². The van der Waals surface area contributed by atoms with Gasteiger partial charge in [0, 0.05) is 23.5 Å². The van der Waals surface area contributed by atoms with Gasteiger partial charge in [0.1, 0.15) is 30.6 Å². The van der Waals surface area contributed by atoms with Crippen molar-refractivity contribution in [2.45, 2.75) is 50.5 Å². The first-order valence-corrected chi connectivity index (χ1v) is 14.0. The molecule has 4 atom stereocenters. The number of carboxylic acid groups (broad SMARTS) is 1. The van der Waals surface area contributed by atoms with Crippen molar-refractivity contribution in [1.82, 2.24) is 9.80 Å². The average Bonchev–Trinajstić information content (AvgIpc) is 2.94. The molecular weight excluding hydrogens is 570 g/mol. The lowest BCUT2D eigenvalue weighted by molar-refractivity contribution is -0.183. The predicted molar refractivity (Wildman–Crippen MR) is 154 cm³/mol. The van der Waals surface area contributed by atoms with Crippen molar-refractivity contribution in [1.29, 1.82) is 0 Å². The molecule has 0 bridgehead atoms. The van der Waals surface area contributed by atoms with E-state index in [2.05, 4.69) is 0 Å². The first kappa shape index (κ1) is 30.5. The van der Waals surface area contributed by atoms with Crippen LogP contribution < -0.4 is 0 Å².